The Morgan fingerprint density at radius 1 is 1.21 bits per heavy atom. The number of rotatable bonds is 4. The molecule has 0 aliphatic carbocycles. The third kappa shape index (κ3) is 4.45. The van der Waals surface area contributed by atoms with E-state index in [4.69, 9.17) is 10.5 Å². The summed E-state index contributed by atoms with van der Waals surface area (Å²) in [5, 5.41) is 10.2. The van der Waals surface area contributed by atoms with Crippen LogP contribution in [0.5, 0.6) is 5.75 Å². The van der Waals surface area contributed by atoms with Crippen LogP contribution in [-0.2, 0) is 10.9 Å². The van der Waals surface area contributed by atoms with Gasteiger partial charge in [-0.25, -0.2) is 0 Å². The van der Waals surface area contributed by atoms with Crippen molar-refractivity contribution in [2.75, 3.05) is 26.2 Å². The van der Waals surface area contributed by atoms with E-state index in [-0.39, 0.29) is 17.4 Å². The summed E-state index contributed by atoms with van der Waals surface area (Å²) in [6.07, 6.45) is -4.02. The minimum Gasteiger partial charge on any atom is -0.507 e. The summed E-state index contributed by atoms with van der Waals surface area (Å²) in [4.78, 5) is 14.4. The fraction of sp³-hybridized carbons (Fsp3) is 0.350. The van der Waals surface area contributed by atoms with Crippen LogP contribution in [0.15, 0.2) is 42.5 Å². The zero-order valence-corrected chi connectivity index (χ0v) is 15.1. The van der Waals surface area contributed by atoms with E-state index in [1.54, 1.807) is 4.90 Å². The first-order valence-corrected chi connectivity index (χ1v) is 8.91. The molecule has 28 heavy (non-hydrogen) atoms. The van der Waals surface area contributed by atoms with Gasteiger partial charge in [0.25, 0.3) is 5.91 Å². The smallest absolute Gasteiger partial charge is 0.416 e. The van der Waals surface area contributed by atoms with E-state index in [1.807, 2.05) is 0 Å². The molecule has 3 N–H and O–H groups in total. The molecule has 1 atom stereocenters. The molecule has 2 aromatic rings. The second-order valence-electron chi connectivity index (χ2n) is 6.63. The molecule has 0 spiro atoms. The van der Waals surface area contributed by atoms with Gasteiger partial charge in [-0.15, -0.1) is 0 Å². The molecule has 0 bridgehead atoms. The SMILES string of the molecule is NCCC1CN(C(=O)c2cc(-c3cccc(C(F)(F)F)c3)ccc2O)CCO1. The van der Waals surface area contributed by atoms with Crippen LogP contribution in [0.25, 0.3) is 11.1 Å². The zero-order chi connectivity index (χ0) is 20.3. The maximum absolute atomic E-state index is 13.0. The lowest BCUT2D eigenvalue weighted by Crippen LogP contribution is -2.46. The summed E-state index contributed by atoms with van der Waals surface area (Å²) < 4.78 is 44.5. The number of hydrogen-bond donors (Lipinski definition) is 2. The number of phenols is 1. The van der Waals surface area contributed by atoms with E-state index in [2.05, 4.69) is 0 Å². The van der Waals surface area contributed by atoms with Crippen molar-refractivity contribution in [3.8, 4) is 16.9 Å². The Bertz CT molecular complexity index is 853. The van der Waals surface area contributed by atoms with Crippen LogP contribution in [0, 0.1) is 0 Å². The van der Waals surface area contributed by atoms with Gasteiger partial charge in [-0.05, 0) is 48.4 Å². The molecule has 0 saturated carbocycles. The van der Waals surface area contributed by atoms with Crippen molar-refractivity contribution in [1.29, 1.82) is 0 Å². The van der Waals surface area contributed by atoms with Gasteiger partial charge in [0.2, 0.25) is 0 Å². The molecule has 1 heterocycles. The largest absolute Gasteiger partial charge is 0.507 e. The number of nitrogens with zero attached hydrogens (tertiary/aromatic N) is 1. The fourth-order valence-corrected chi connectivity index (χ4v) is 3.20. The van der Waals surface area contributed by atoms with Crippen LogP contribution in [0.2, 0.25) is 0 Å². The molecule has 1 aliphatic heterocycles. The summed E-state index contributed by atoms with van der Waals surface area (Å²) in [5.74, 6) is -0.612. The van der Waals surface area contributed by atoms with Crippen LogP contribution >= 0.6 is 0 Å². The predicted octanol–water partition coefficient (Wildman–Crippen LogP) is 3.27. The lowest BCUT2D eigenvalue weighted by molar-refractivity contribution is -0.137. The van der Waals surface area contributed by atoms with Crippen molar-refractivity contribution < 1.29 is 27.8 Å². The predicted molar refractivity (Wildman–Crippen MR) is 97.9 cm³/mol. The molecule has 2 aromatic carbocycles. The number of halogens is 3. The van der Waals surface area contributed by atoms with Gasteiger partial charge in [0.1, 0.15) is 5.75 Å². The first-order chi connectivity index (χ1) is 13.3. The number of amides is 1. The van der Waals surface area contributed by atoms with Crippen LogP contribution in [0.1, 0.15) is 22.3 Å². The molecule has 1 unspecified atom stereocenters. The summed E-state index contributed by atoms with van der Waals surface area (Å²) in [5.41, 5.74) is 5.54. The van der Waals surface area contributed by atoms with Crippen molar-refractivity contribution in [2.45, 2.75) is 18.7 Å². The third-order valence-electron chi connectivity index (χ3n) is 4.66. The second-order valence-corrected chi connectivity index (χ2v) is 6.63. The summed E-state index contributed by atoms with van der Waals surface area (Å²) in [6, 6.07) is 9.07. The topological polar surface area (TPSA) is 75.8 Å². The van der Waals surface area contributed by atoms with Crippen LogP contribution < -0.4 is 5.73 Å². The lowest BCUT2D eigenvalue weighted by atomic mass is 9.99. The van der Waals surface area contributed by atoms with Gasteiger partial charge in [-0.3, -0.25) is 4.79 Å². The summed E-state index contributed by atoms with van der Waals surface area (Å²) >= 11 is 0. The highest BCUT2D eigenvalue weighted by Crippen LogP contribution is 2.33. The number of aromatic hydroxyl groups is 1. The molecule has 5 nitrogen and oxygen atoms in total. The van der Waals surface area contributed by atoms with Gasteiger partial charge in [0, 0.05) is 13.1 Å². The number of ether oxygens (including phenoxy) is 1. The Balaban J connectivity index is 1.89. The molecular weight excluding hydrogens is 373 g/mol. The van der Waals surface area contributed by atoms with Crippen LogP contribution in [-0.4, -0.2) is 48.3 Å². The van der Waals surface area contributed by atoms with Gasteiger partial charge >= 0.3 is 6.18 Å². The van der Waals surface area contributed by atoms with Crippen molar-refractivity contribution >= 4 is 5.91 Å². The summed E-state index contributed by atoms with van der Waals surface area (Å²) in [6.45, 7) is 1.52. The van der Waals surface area contributed by atoms with Gasteiger partial charge in [-0.1, -0.05) is 18.2 Å². The number of carbonyl (C=O) groups is 1. The van der Waals surface area contributed by atoms with Crippen molar-refractivity contribution in [2.24, 2.45) is 5.73 Å². The minimum atomic E-state index is -4.46. The van der Waals surface area contributed by atoms with Gasteiger partial charge in [0.15, 0.2) is 0 Å². The maximum atomic E-state index is 13.0. The zero-order valence-electron chi connectivity index (χ0n) is 15.1. The molecule has 0 radical (unpaired) electrons. The highest BCUT2D eigenvalue weighted by Gasteiger charge is 2.31. The molecule has 1 amide bonds. The highest BCUT2D eigenvalue weighted by atomic mass is 19.4. The maximum Gasteiger partial charge on any atom is 0.416 e. The number of phenolic OH excluding ortho intramolecular Hbond substituents is 1. The lowest BCUT2D eigenvalue weighted by Gasteiger charge is -2.33. The number of nitrogens with two attached hydrogens (primary N) is 1. The monoisotopic (exact) mass is 394 g/mol. The number of carbonyl (C=O) groups excluding carboxylic acids is 1. The number of hydrogen-bond acceptors (Lipinski definition) is 4. The molecule has 1 fully saturated rings. The van der Waals surface area contributed by atoms with Crippen molar-refractivity contribution in [3.63, 3.8) is 0 Å². The van der Waals surface area contributed by atoms with E-state index < -0.39 is 17.6 Å². The Morgan fingerprint density at radius 2 is 1.96 bits per heavy atom. The third-order valence-corrected chi connectivity index (χ3v) is 4.66. The molecular formula is C20H21F3N2O3. The molecule has 150 valence electrons. The average molecular weight is 394 g/mol. The molecule has 1 saturated heterocycles. The first-order valence-electron chi connectivity index (χ1n) is 8.91. The quantitative estimate of drug-likeness (QED) is 0.835. The first kappa shape index (κ1) is 20.2. The van der Waals surface area contributed by atoms with E-state index in [9.17, 15) is 23.1 Å². The van der Waals surface area contributed by atoms with Gasteiger partial charge in [0.05, 0.1) is 23.8 Å². The van der Waals surface area contributed by atoms with E-state index in [1.165, 1.54) is 30.3 Å². The highest BCUT2D eigenvalue weighted by molar-refractivity contribution is 5.98. The van der Waals surface area contributed by atoms with E-state index in [0.29, 0.717) is 43.8 Å². The number of morpholine rings is 1. The molecule has 3 rings (SSSR count). The molecule has 1 aliphatic rings. The average Bonchev–Trinajstić information content (AvgIpc) is 2.68. The number of benzene rings is 2. The second kappa shape index (κ2) is 8.20. The van der Waals surface area contributed by atoms with E-state index >= 15 is 0 Å². The van der Waals surface area contributed by atoms with Gasteiger partial charge < -0.3 is 20.5 Å². The fourth-order valence-electron chi connectivity index (χ4n) is 3.20. The van der Waals surface area contributed by atoms with Crippen LogP contribution in [0.4, 0.5) is 13.2 Å². The summed E-state index contributed by atoms with van der Waals surface area (Å²) in [7, 11) is 0. The number of alkyl halides is 3. The van der Waals surface area contributed by atoms with Crippen molar-refractivity contribution in [3.05, 3.63) is 53.6 Å². The standard InChI is InChI=1S/C20H21F3N2O3/c21-20(22,23)15-3-1-2-13(10-15)14-4-5-18(26)17(11-14)19(27)25-8-9-28-16(12-25)6-7-24/h1-5,10-11,16,26H,6-9,12,24H2. The molecule has 8 heteroatoms. The normalized spacial score (nSPS) is 17.6. The van der Waals surface area contributed by atoms with Crippen molar-refractivity contribution in [1.82, 2.24) is 4.90 Å². The molecule has 0 aromatic heterocycles. The Morgan fingerprint density at radius 3 is 2.68 bits per heavy atom. The minimum absolute atomic E-state index is 0.0447. The van der Waals surface area contributed by atoms with Gasteiger partial charge in [-0.2, -0.15) is 13.2 Å². The Hall–Kier alpha value is -2.58. The Labute approximate surface area is 160 Å². The van der Waals surface area contributed by atoms with Crippen LogP contribution in [0.3, 0.4) is 0 Å². The Kier molecular flexibility index (Phi) is 5.90. The van der Waals surface area contributed by atoms with E-state index in [0.717, 1.165) is 12.1 Å².